The summed E-state index contributed by atoms with van der Waals surface area (Å²) in [5, 5.41) is 18.4. The van der Waals surface area contributed by atoms with Gasteiger partial charge in [0.05, 0.1) is 11.8 Å². The van der Waals surface area contributed by atoms with Gasteiger partial charge in [0.1, 0.15) is 11.6 Å². The lowest BCUT2D eigenvalue weighted by Crippen LogP contribution is -2.30. The molecule has 1 aliphatic heterocycles. The highest BCUT2D eigenvalue weighted by Crippen LogP contribution is 2.44. The van der Waals surface area contributed by atoms with Gasteiger partial charge in [-0.25, -0.2) is 0 Å². The average molecular weight is 373 g/mol. The second-order valence-corrected chi connectivity index (χ2v) is 7.45. The number of aryl methyl sites for hydroxylation is 1. The van der Waals surface area contributed by atoms with E-state index in [0.29, 0.717) is 5.13 Å². The normalized spacial score (nSPS) is 17.6. The molecule has 126 valence electrons. The fourth-order valence-corrected chi connectivity index (χ4v) is 4.28. The first kappa shape index (κ1) is 15.7. The molecule has 4 rings (SSSR count). The Morgan fingerprint density at radius 1 is 1.36 bits per heavy atom. The van der Waals surface area contributed by atoms with Gasteiger partial charge in [0.15, 0.2) is 11.5 Å². The Labute approximate surface area is 149 Å². The van der Waals surface area contributed by atoms with E-state index in [-0.39, 0.29) is 11.3 Å². The van der Waals surface area contributed by atoms with Crippen molar-refractivity contribution in [3.63, 3.8) is 0 Å². The third-order valence-electron chi connectivity index (χ3n) is 3.78. The molecule has 7 nitrogen and oxygen atoms in total. The molecule has 0 radical (unpaired) electrons. The molecule has 0 aromatic carbocycles. The number of Topliss-reactive ketones (excluding diaryl/α,β-unsaturated/α-hetero) is 1. The molecule has 4 heterocycles. The van der Waals surface area contributed by atoms with E-state index in [1.54, 1.807) is 6.07 Å². The lowest BCUT2D eigenvalue weighted by Gasteiger charge is -2.22. The quantitative estimate of drug-likeness (QED) is 0.705. The SMILES string of the molecule is Cc1ccc(C2C(C(=O)c3ccco3)=C(O)C(=O)N2c2nncs2)s1. The number of furan rings is 1. The molecule has 25 heavy (non-hydrogen) atoms. The molecular formula is C16H11N3O4S2. The summed E-state index contributed by atoms with van der Waals surface area (Å²) in [5.41, 5.74) is 1.47. The molecule has 0 bridgehead atoms. The molecule has 3 aromatic rings. The van der Waals surface area contributed by atoms with Crippen LogP contribution in [-0.4, -0.2) is 27.0 Å². The Morgan fingerprint density at radius 2 is 2.20 bits per heavy atom. The Morgan fingerprint density at radius 3 is 2.80 bits per heavy atom. The maximum Gasteiger partial charge on any atom is 0.296 e. The topological polar surface area (TPSA) is 96.5 Å². The molecule has 9 heteroatoms. The number of amides is 1. The number of carbonyl (C=O) groups excluding carboxylic acids is 2. The molecule has 0 saturated carbocycles. The first-order valence-electron chi connectivity index (χ1n) is 7.25. The minimum atomic E-state index is -0.767. The first-order chi connectivity index (χ1) is 12.1. The average Bonchev–Trinajstić information content (AvgIpc) is 3.36. The zero-order chi connectivity index (χ0) is 17.6. The summed E-state index contributed by atoms with van der Waals surface area (Å²) in [6.45, 7) is 1.93. The number of aliphatic hydroxyl groups is 1. The second kappa shape index (κ2) is 5.94. The maximum absolute atomic E-state index is 12.9. The fourth-order valence-electron chi connectivity index (χ4n) is 2.72. The van der Waals surface area contributed by atoms with Crippen LogP contribution < -0.4 is 4.90 Å². The van der Waals surface area contributed by atoms with Crippen molar-refractivity contribution >= 4 is 39.5 Å². The van der Waals surface area contributed by atoms with Crippen molar-refractivity contribution in [3.8, 4) is 0 Å². The van der Waals surface area contributed by atoms with Crippen LogP contribution in [0.5, 0.6) is 0 Å². The fraction of sp³-hybridized carbons (Fsp3) is 0.125. The standard InChI is InChI=1S/C16H11N3O4S2/c1-8-4-5-10(25-8)12-11(13(20)9-3-2-6-23-9)14(21)15(22)19(12)16-18-17-7-24-16/h2-7,12,21H,1H3. The van der Waals surface area contributed by atoms with Gasteiger partial charge in [0.2, 0.25) is 10.9 Å². The van der Waals surface area contributed by atoms with E-state index in [9.17, 15) is 14.7 Å². The van der Waals surface area contributed by atoms with Crippen molar-refractivity contribution in [1.82, 2.24) is 10.2 Å². The van der Waals surface area contributed by atoms with E-state index in [1.165, 1.54) is 34.1 Å². The van der Waals surface area contributed by atoms with Gasteiger partial charge in [-0.15, -0.1) is 21.5 Å². The minimum absolute atomic E-state index is 0.0167. The lowest BCUT2D eigenvalue weighted by atomic mass is 10.0. The van der Waals surface area contributed by atoms with E-state index in [0.717, 1.165) is 21.1 Å². The number of anilines is 1. The minimum Gasteiger partial charge on any atom is -0.503 e. The van der Waals surface area contributed by atoms with E-state index >= 15 is 0 Å². The highest BCUT2D eigenvalue weighted by Gasteiger charge is 2.47. The van der Waals surface area contributed by atoms with Crippen molar-refractivity contribution in [2.24, 2.45) is 0 Å². The van der Waals surface area contributed by atoms with Gasteiger partial charge in [-0.05, 0) is 31.2 Å². The highest BCUT2D eigenvalue weighted by atomic mass is 32.1. The summed E-state index contributed by atoms with van der Waals surface area (Å²) in [6.07, 6.45) is 1.37. The maximum atomic E-state index is 12.9. The van der Waals surface area contributed by atoms with E-state index in [4.69, 9.17) is 4.42 Å². The van der Waals surface area contributed by atoms with Crippen molar-refractivity contribution in [1.29, 1.82) is 0 Å². The zero-order valence-electron chi connectivity index (χ0n) is 12.9. The second-order valence-electron chi connectivity index (χ2n) is 5.32. The van der Waals surface area contributed by atoms with Crippen LogP contribution in [0, 0.1) is 6.92 Å². The predicted molar refractivity (Wildman–Crippen MR) is 91.9 cm³/mol. The van der Waals surface area contributed by atoms with Crippen LogP contribution in [0.25, 0.3) is 0 Å². The molecule has 1 amide bonds. The number of ketones is 1. The summed E-state index contributed by atoms with van der Waals surface area (Å²) >= 11 is 2.60. The number of hydrogen-bond acceptors (Lipinski definition) is 8. The van der Waals surface area contributed by atoms with Crippen molar-refractivity contribution in [2.75, 3.05) is 4.90 Å². The summed E-state index contributed by atoms with van der Waals surface area (Å²) in [4.78, 5) is 28.6. The van der Waals surface area contributed by atoms with Crippen molar-refractivity contribution in [2.45, 2.75) is 13.0 Å². The molecule has 0 aliphatic carbocycles. The third-order valence-corrected chi connectivity index (χ3v) is 5.52. The van der Waals surface area contributed by atoms with Gasteiger partial charge >= 0.3 is 0 Å². The monoisotopic (exact) mass is 373 g/mol. The molecule has 0 saturated heterocycles. The number of nitrogens with zero attached hydrogens (tertiary/aromatic N) is 3. The molecular weight excluding hydrogens is 362 g/mol. The summed E-state index contributed by atoms with van der Waals surface area (Å²) < 4.78 is 5.16. The molecule has 0 fully saturated rings. The lowest BCUT2D eigenvalue weighted by molar-refractivity contribution is -0.117. The van der Waals surface area contributed by atoms with Crippen LogP contribution in [-0.2, 0) is 4.79 Å². The smallest absolute Gasteiger partial charge is 0.296 e. The summed E-state index contributed by atoms with van der Waals surface area (Å²) in [5.74, 6) is -1.74. The Hall–Kier alpha value is -2.78. The Balaban J connectivity index is 1.87. The number of hydrogen-bond donors (Lipinski definition) is 1. The van der Waals surface area contributed by atoms with Gasteiger partial charge in [-0.1, -0.05) is 11.3 Å². The molecule has 3 aromatic heterocycles. The largest absolute Gasteiger partial charge is 0.503 e. The van der Waals surface area contributed by atoms with E-state index in [1.807, 2.05) is 19.1 Å². The van der Waals surface area contributed by atoms with Crippen LogP contribution in [0.1, 0.15) is 26.4 Å². The van der Waals surface area contributed by atoms with Gasteiger partial charge in [0, 0.05) is 9.75 Å². The van der Waals surface area contributed by atoms with Crippen LogP contribution >= 0.6 is 22.7 Å². The van der Waals surface area contributed by atoms with Gasteiger partial charge in [-0.2, -0.15) is 0 Å². The Bertz CT molecular complexity index is 973. The van der Waals surface area contributed by atoms with Gasteiger partial charge in [-0.3, -0.25) is 14.5 Å². The summed E-state index contributed by atoms with van der Waals surface area (Å²) in [6, 6.07) is 6.04. The highest BCUT2D eigenvalue weighted by molar-refractivity contribution is 7.13. The van der Waals surface area contributed by atoms with Crippen molar-refractivity contribution in [3.05, 3.63) is 62.9 Å². The predicted octanol–water partition coefficient (Wildman–Crippen LogP) is 3.28. The van der Waals surface area contributed by atoms with E-state index < -0.39 is 23.5 Å². The van der Waals surface area contributed by atoms with Crippen LogP contribution in [0.4, 0.5) is 5.13 Å². The van der Waals surface area contributed by atoms with Crippen LogP contribution in [0.3, 0.4) is 0 Å². The van der Waals surface area contributed by atoms with E-state index in [2.05, 4.69) is 10.2 Å². The number of carbonyl (C=O) groups is 2. The number of rotatable bonds is 4. The third kappa shape index (κ3) is 2.48. The first-order valence-corrected chi connectivity index (χ1v) is 8.95. The van der Waals surface area contributed by atoms with Crippen LogP contribution in [0.2, 0.25) is 0 Å². The van der Waals surface area contributed by atoms with Crippen LogP contribution in [0.15, 0.2) is 51.8 Å². The number of aliphatic hydroxyl groups excluding tert-OH is 1. The molecule has 1 unspecified atom stereocenters. The van der Waals surface area contributed by atoms with Gasteiger partial charge in [0.25, 0.3) is 5.91 Å². The number of thiophene rings is 1. The Kier molecular flexibility index (Phi) is 3.74. The zero-order valence-corrected chi connectivity index (χ0v) is 14.5. The number of aromatic nitrogens is 2. The molecule has 1 N–H and O–H groups in total. The molecule has 1 atom stereocenters. The van der Waals surface area contributed by atoms with Gasteiger partial charge < -0.3 is 9.52 Å². The molecule has 0 spiro atoms. The van der Waals surface area contributed by atoms with Crippen molar-refractivity contribution < 1.29 is 19.1 Å². The molecule has 1 aliphatic rings. The summed E-state index contributed by atoms with van der Waals surface area (Å²) in [7, 11) is 0.